The summed E-state index contributed by atoms with van der Waals surface area (Å²) in [7, 11) is 1.40. The summed E-state index contributed by atoms with van der Waals surface area (Å²) < 4.78 is 10.5. The van der Waals surface area contributed by atoms with Crippen molar-refractivity contribution >= 4 is 11.0 Å². The minimum Gasteiger partial charge on any atom is -0.504 e. The Hall–Kier alpha value is -3.15. The molecule has 1 aromatic heterocycles. The van der Waals surface area contributed by atoms with Crippen LogP contribution in [0.5, 0.6) is 23.0 Å². The van der Waals surface area contributed by atoms with Crippen molar-refractivity contribution < 1.29 is 24.5 Å². The number of hydrogen-bond acceptors (Lipinski definition) is 6. The first-order chi connectivity index (χ1) is 10.5. The maximum atomic E-state index is 12.1. The van der Waals surface area contributed by atoms with Crippen molar-refractivity contribution in [2.24, 2.45) is 0 Å². The summed E-state index contributed by atoms with van der Waals surface area (Å²) in [6, 6.07) is 8.31. The summed E-state index contributed by atoms with van der Waals surface area (Å²) in [6.45, 7) is 0. The van der Waals surface area contributed by atoms with Gasteiger partial charge in [0.25, 0.3) is 0 Å². The first-order valence-electron chi connectivity index (χ1n) is 6.37. The Morgan fingerprint density at radius 2 is 1.73 bits per heavy atom. The predicted octanol–water partition coefficient (Wildman–Crippen LogP) is 2.59. The Kier molecular flexibility index (Phi) is 3.14. The van der Waals surface area contributed by atoms with Crippen LogP contribution in [0.1, 0.15) is 0 Å². The molecule has 3 aromatic rings. The van der Waals surface area contributed by atoms with Gasteiger partial charge < -0.3 is 24.5 Å². The standard InChI is InChI=1S/C16H12O6/c1-21-14-6-8(2-4-10(14)17)13-7-12(19)9-3-5-11(18)15(20)16(9)22-13/h2-7,17-18,20H,1H3. The zero-order valence-corrected chi connectivity index (χ0v) is 11.5. The molecule has 0 spiro atoms. The van der Waals surface area contributed by atoms with E-state index in [4.69, 9.17) is 9.15 Å². The second-order valence-electron chi connectivity index (χ2n) is 4.67. The summed E-state index contributed by atoms with van der Waals surface area (Å²) in [4.78, 5) is 12.1. The van der Waals surface area contributed by atoms with Gasteiger partial charge in [-0.05, 0) is 30.3 Å². The van der Waals surface area contributed by atoms with Gasteiger partial charge in [-0.2, -0.15) is 0 Å². The molecular formula is C16H12O6. The van der Waals surface area contributed by atoms with Crippen LogP contribution >= 0.6 is 0 Å². The molecule has 3 rings (SSSR count). The van der Waals surface area contributed by atoms with E-state index in [1.165, 1.54) is 37.4 Å². The van der Waals surface area contributed by atoms with E-state index >= 15 is 0 Å². The van der Waals surface area contributed by atoms with Crippen molar-refractivity contribution in [3.63, 3.8) is 0 Å². The summed E-state index contributed by atoms with van der Waals surface area (Å²) in [5, 5.41) is 29.1. The SMILES string of the molecule is COc1cc(-c2cc(=O)c3ccc(O)c(O)c3o2)ccc1O. The van der Waals surface area contributed by atoms with E-state index in [9.17, 15) is 20.1 Å². The monoisotopic (exact) mass is 300 g/mol. The largest absolute Gasteiger partial charge is 0.504 e. The van der Waals surface area contributed by atoms with Gasteiger partial charge >= 0.3 is 0 Å². The van der Waals surface area contributed by atoms with E-state index in [-0.39, 0.29) is 39.4 Å². The number of phenols is 3. The molecule has 0 saturated carbocycles. The fourth-order valence-corrected chi connectivity index (χ4v) is 2.17. The second-order valence-corrected chi connectivity index (χ2v) is 4.67. The molecule has 0 aliphatic carbocycles. The van der Waals surface area contributed by atoms with E-state index in [2.05, 4.69) is 0 Å². The maximum Gasteiger partial charge on any atom is 0.201 e. The van der Waals surface area contributed by atoms with E-state index in [1.54, 1.807) is 6.07 Å². The average Bonchev–Trinajstić information content (AvgIpc) is 2.51. The van der Waals surface area contributed by atoms with Crippen molar-refractivity contribution in [3.05, 3.63) is 46.6 Å². The highest BCUT2D eigenvalue weighted by Crippen LogP contribution is 2.36. The third-order valence-corrected chi connectivity index (χ3v) is 3.31. The molecule has 0 amide bonds. The van der Waals surface area contributed by atoms with Crippen LogP contribution in [-0.4, -0.2) is 22.4 Å². The van der Waals surface area contributed by atoms with Crippen LogP contribution in [0.15, 0.2) is 45.6 Å². The predicted molar refractivity (Wildman–Crippen MR) is 79.5 cm³/mol. The maximum absolute atomic E-state index is 12.1. The molecule has 0 aliphatic rings. The van der Waals surface area contributed by atoms with Crippen molar-refractivity contribution in [2.75, 3.05) is 7.11 Å². The summed E-state index contributed by atoms with van der Waals surface area (Å²) in [5.74, 6) is -0.523. The van der Waals surface area contributed by atoms with Crippen molar-refractivity contribution in [1.29, 1.82) is 0 Å². The molecule has 6 heteroatoms. The number of ether oxygens (including phenoxy) is 1. The van der Waals surface area contributed by atoms with Crippen LogP contribution in [0.3, 0.4) is 0 Å². The molecular weight excluding hydrogens is 288 g/mol. The summed E-state index contributed by atoms with van der Waals surface area (Å²) >= 11 is 0. The van der Waals surface area contributed by atoms with Gasteiger partial charge in [-0.1, -0.05) is 0 Å². The summed E-state index contributed by atoms with van der Waals surface area (Å²) in [5.41, 5.74) is 0.0181. The van der Waals surface area contributed by atoms with Gasteiger partial charge in [-0.15, -0.1) is 0 Å². The topological polar surface area (TPSA) is 100 Å². The molecule has 22 heavy (non-hydrogen) atoms. The lowest BCUT2D eigenvalue weighted by Crippen LogP contribution is -2.00. The lowest BCUT2D eigenvalue weighted by molar-refractivity contribution is 0.373. The number of hydrogen-bond donors (Lipinski definition) is 3. The Labute approximate surface area is 124 Å². The smallest absolute Gasteiger partial charge is 0.201 e. The van der Waals surface area contributed by atoms with Gasteiger partial charge in [0.1, 0.15) is 5.76 Å². The molecule has 0 atom stereocenters. The van der Waals surface area contributed by atoms with Crippen LogP contribution in [-0.2, 0) is 0 Å². The zero-order valence-electron chi connectivity index (χ0n) is 11.5. The number of methoxy groups -OCH3 is 1. The number of benzene rings is 2. The highest BCUT2D eigenvalue weighted by atomic mass is 16.5. The quantitative estimate of drug-likeness (QED) is 0.629. The Morgan fingerprint density at radius 1 is 1.00 bits per heavy atom. The molecule has 2 aromatic carbocycles. The normalized spacial score (nSPS) is 10.8. The highest BCUT2D eigenvalue weighted by molar-refractivity contribution is 5.86. The van der Waals surface area contributed by atoms with Crippen LogP contribution < -0.4 is 10.2 Å². The van der Waals surface area contributed by atoms with E-state index in [0.29, 0.717) is 5.56 Å². The summed E-state index contributed by atoms with van der Waals surface area (Å²) in [6.07, 6.45) is 0. The van der Waals surface area contributed by atoms with E-state index in [0.717, 1.165) is 0 Å². The minimum atomic E-state index is -0.498. The molecule has 6 nitrogen and oxygen atoms in total. The first kappa shape index (κ1) is 13.8. The van der Waals surface area contributed by atoms with Crippen molar-refractivity contribution in [1.82, 2.24) is 0 Å². The van der Waals surface area contributed by atoms with Gasteiger partial charge in [-0.3, -0.25) is 4.79 Å². The average molecular weight is 300 g/mol. The molecule has 0 radical (unpaired) electrons. The fourth-order valence-electron chi connectivity index (χ4n) is 2.17. The number of rotatable bonds is 2. The highest BCUT2D eigenvalue weighted by Gasteiger charge is 2.14. The van der Waals surface area contributed by atoms with Gasteiger partial charge in [0, 0.05) is 11.6 Å². The molecule has 0 bridgehead atoms. The number of fused-ring (bicyclic) bond motifs is 1. The molecule has 3 N–H and O–H groups in total. The van der Waals surface area contributed by atoms with E-state index in [1.807, 2.05) is 0 Å². The minimum absolute atomic E-state index is 0.0464. The Bertz CT molecular complexity index is 926. The van der Waals surface area contributed by atoms with Crippen molar-refractivity contribution in [2.45, 2.75) is 0 Å². The van der Waals surface area contributed by atoms with Crippen molar-refractivity contribution in [3.8, 4) is 34.3 Å². The number of aromatic hydroxyl groups is 3. The third-order valence-electron chi connectivity index (χ3n) is 3.31. The van der Waals surface area contributed by atoms with Crippen LogP contribution in [0.4, 0.5) is 0 Å². The molecule has 0 fully saturated rings. The molecule has 0 aliphatic heterocycles. The van der Waals surface area contributed by atoms with Crippen LogP contribution in [0.2, 0.25) is 0 Å². The molecule has 0 saturated heterocycles. The molecule has 0 unspecified atom stereocenters. The van der Waals surface area contributed by atoms with E-state index < -0.39 is 5.75 Å². The lowest BCUT2D eigenvalue weighted by Gasteiger charge is -2.08. The Morgan fingerprint density at radius 3 is 2.45 bits per heavy atom. The van der Waals surface area contributed by atoms with Gasteiger partial charge in [0.2, 0.25) is 5.75 Å². The second kappa shape index (κ2) is 5.00. The molecule has 1 heterocycles. The zero-order chi connectivity index (χ0) is 15.9. The van der Waals surface area contributed by atoms with Crippen LogP contribution in [0, 0.1) is 0 Å². The van der Waals surface area contributed by atoms with Gasteiger partial charge in [0.15, 0.2) is 28.3 Å². The van der Waals surface area contributed by atoms with Crippen LogP contribution in [0.25, 0.3) is 22.3 Å². The number of phenolic OH excluding ortho intramolecular Hbond substituents is 3. The van der Waals surface area contributed by atoms with Gasteiger partial charge in [-0.25, -0.2) is 0 Å². The lowest BCUT2D eigenvalue weighted by atomic mass is 10.1. The fraction of sp³-hybridized carbons (Fsp3) is 0.0625. The van der Waals surface area contributed by atoms with Gasteiger partial charge in [0.05, 0.1) is 12.5 Å². The molecule has 112 valence electrons. The Balaban J connectivity index is 2.28. The first-order valence-corrected chi connectivity index (χ1v) is 6.37. The third kappa shape index (κ3) is 2.10.